The summed E-state index contributed by atoms with van der Waals surface area (Å²) in [5, 5.41) is 48.6. The first-order valence-electron chi connectivity index (χ1n) is 13.3. The normalized spacial score (nSPS) is 18.7. The van der Waals surface area contributed by atoms with E-state index in [2.05, 4.69) is 10.3 Å². The quantitative estimate of drug-likeness (QED) is 0.141. The van der Waals surface area contributed by atoms with Crippen LogP contribution in [0.5, 0.6) is 5.75 Å². The molecule has 13 heteroatoms. The molecule has 43 heavy (non-hydrogen) atoms. The van der Waals surface area contributed by atoms with Crippen LogP contribution in [0.2, 0.25) is 0 Å². The molecule has 0 saturated heterocycles. The van der Waals surface area contributed by atoms with E-state index >= 15 is 0 Å². The predicted molar refractivity (Wildman–Crippen MR) is 159 cm³/mol. The zero-order chi connectivity index (χ0) is 31.4. The number of rotatable bonds is 5. The molecule has 0 spiro atoms. The summed E-state index contributed by atoms with van der Waals surface area (Å²) in [5.74, 6) is -6.19. The number of thiazole rings is 1. The Hall–Kier alpha value is -4.59. The maximum Gasteiger partial charge on any atom is 0.255 e. The lowest BCUT2D eigenvalue weighted by Gasteiger charge is -2.25. The largest absolute Gasteiger partial charge is 0.510 e. The van der Waals surface area contributed by atoms with Gasteiger partial charge in [0.15, 0.2) is 17.0 Å². The van der Waals surface area contributed by atoms with Crippen LogP contribution in [-0.2, 0) is 20.8 Å². The fraction of sp³-hybridized carbons (Fsp3) is 0.267. The molecule has 3 aromatic rings. The third kappa shape index (κ3) is 6.91. The molecule has 0 radical (unpaired) electrons. The van der Waals surface area contributed by atoms with Crippen molar-refractivity contribution in [1.29, 1.82) is 0 Å². The molecule has 1 aliphatic carbocycles. The number of nitrogens with zero attached hydrogens (tertiary/aromatic N) is 2. The summed E-state index contributed by atoms with van der Waals surface area (Å²) in [6.07, 6.45) is -0.249. The van der Waals surface area contributed by atoms with Gasteiger partial charge in [-0.15, -0.1) is 11.3 Å². The highest BCUT2D eigenvalue weighted by molar-refractivity contribution is 7.14. The number of aromatic nitrogens is 1. The van der Waals surface area contributed by atoms with Gasteiger partial charge in [-0.1, -0.05) is 12.5 Å². The van der Waals surface area contributed by atoms with Crippen molar-refractivity contribution in [2.45, 2.75) is 37.8 Å². The third-order valence-electron chi connectivity index (χ3n) is 7.06. The van der Waals surface area contributed by atoms with Crippen molar-refractivity contribution in [3.05, 3.63) is 76.1 Å². The van der Waals surface area contributed by atoms with Gasteiger partial charge >= 0.3 is 0 Å². The number of nitrogens with one attached hydrogen (secondary N) is 1. The number of aliphatic hydroxyl groups excluding tert-OH is 3. The number of phenols is 1. The molecule has 1 amide bonds. The summed E-state index contributed by atoms with van der Waals surface area (Å²) in [4.78, 5) is 43.9. The number of fused-ring (bicyclic) bond motifs is 1. The Morgan fingerprint density at radius 3 is 2.44 bits per heavy atom. The number of primary amides is 1. The number of anilines is 2. The lowest BCUT2D eigenvalue weighted by Crippen LogP contribution is -2.39. The monoisotopic (exact) mass is 610 g/mol. The van der Waals surface area contributed by atoms with Crippen LogP contribution in [-0.4, -0.2) is 74.0 Å². The number of amides is 1. The van der Waals surface area contributed by atoms with Gasteiger partial charge in [0.25, 0.3) is 5.91 Å². The van der Waals surface area contributed by atoms with Gasteiger partial charge in [-0.2, -0.15) is 0 Å². The number of carbonyl (C=O) groups is 3. The molecule has 0 aliphatic heterocycles. The molecule has 1 aliphatic rings. The van der Waals surface area contributed by atoms with Crippen LogP contribution in [0.4, 0.5) is 15.2 Å². The van der Waals surface area contributed by atoms with Crippen molar-refractivity contribution in [3.8, 4) is 17.0 Å². The maximum absolute atomic E-state index is 13.3. The van der Waals surface area contributed by atoms with Crippen LogP contribution >= 0.6 is 11.3 Å². The van der Waals surface area contributed by atoms with Gasteiger partial charge in [0, 0.05) is 17.0 Å². The molecule has 4 rings (SSSR count). The third-order valence-corrected chi connectivity index (χ3v) is 7.82. The molecule has 226 valence electrons. The second-order valence-electron chi connectivity index (χ2n) is 10.2. The molecular weight excluding hydrogens is 579 g/mol. The summed E-state index contributed by atoms with van der Waals surface area (Å²) >= 11 is 1.22. The van der Waals surface area contributed by atoms with Crippen molar-refractivity contribution < 1.29 is 39.2 Å². The van der Waals surface area contributed by atoms with Crippen LogP contribution in [0.25, 0.3) is 17.0 Å². The minimum atomic E-state index is -2.45. The Labute approximate surface area is 250 Å². The number of likely N-dealkylation sites (N-methyl/N-ethyl adjacent to an activating group) is 1. The molecule has 11 nitrogen and oxygen atoms in total. The molecular formula is C30H31FN4O7S. The lowest BCUT2D eigenvalue weighted by molar-refractivity contribution is -0.134. The van der Waals surface area contributed by atoms with Crippen molar-refractivity contribution in [1.82, 2.24) is 9.88 Å². The molecule has 1 aromatic heterocycles. The number of aromatic hydroxyl groups is 1. The number of nitrogens with two attached hydrogens (primary N) is 1. The lowest BCUT2D eigenvalue weighted by atomic mass is 9.92. The van der Waals surface area contributed by atoms with Crippen molar-refractivity contribution in [2.75, 3.05) is 19.4 Å². The number of carbonyl (C=O) groups excluding carboxylic acids is 3. The van der Waals surface area contributed by atoms with Crippen molar-refractivity contribution in [2.24, 2.45) is 5.73 Å². The van der Waals surface area contributed by atoms with E-state index in [1.54, 1.807) is 48.6 Å². The second-order valence-corrected chi connectivity index (χ2v) is 11.1. The Morgan fingerprint density at radius 1 is 1.09 bits per heavy atom. The first-order chi connectivity index (χ1) is 20.4. The van der Waals surface area contributed by atoms with Crippen LogP contribution < -0.4 is 11.1 Å². The van der Waals surface area contributed by atoms with Gasteiger partial charge in [-0.05, 0) is 69.3 Å². The highest BCUT2D eigenvalue weighted by Gasteiger charge is 2.34. The standard InChI is InChI=1S/C30H31FN4O7S/c1-35(2)20-6-4-3-5-16-9-12-18(33-30-34-19(14-43-30)15-7-10-17(31)11-8-15)25(38)23(16)21(36)13-22(37)27(40)28(41)24(26(20)39)29(32)42/h7-14,20,27,36,38-40H,3-6H2,1-2H3,(H2,32,42)(H,33,34)/t20-,27-/m0/s1. The van der Waals surface area contributed by atoms with E-state index in [1.165, 1.54) is 23.5 Å². The maximum atomic E-state index is 13.3. The molecule has 0 saturated carbocycles. The molecule has 0 bridgehead atoms. The van der Waals surface area contributed by atoms with Gasteiger partial charge in [-0.3, -0.25) is 19.3 Å². The van der Waals surface area contributed by atoms with Crippen LogP contribution in [0.3, 0.4) is 0 Å². The van der Waals surface area contributed by atoms with Crippen LogP contribution in [0, 0.1) is 5.82 Å². The molecule has 1 heterocycles. The first kappa shape index (κ1) is 31.3. The van der Waals surface area contributed by atoms with Gasteiger partial charge < -0.3 is 31.5 Å². The Morgan fingerprint density at radius 2 is 1.79 bits per heavy atom. The average molecular weight is 611 g/mol. The van der Waals surface area contributed by atoms with E-state index in [0.717, 1.165) is 0 Å². The average Bonchev–Trinajstić information content (AvgIpc) is 3.41. The predicted octanol–water partition coefficient (Wildman–Crippen LogP) is 3.75. The second kappa shape index (κ2) is 13.2. The zero-order valence-corrected chi connectivity index (χ0v) is 24.2. The highest BCUT2D eigenvalue weighted by atomic mass is 32.1. The van der Waals surface area contributed by atoms with Gasteiger partial charge in [0.05, 0.1) is 23.0 Å². The summed E-state index contributed by atoms with van der Waals surface area (Å²) < 4.78 is 13.3. The van der Waals surface area contributed by atoms with Crippen LogP contribution in [0.15, 0.2) is 59.2 Å². The number of halogens is 1. The van der Waals surface area contributed by atoms with E-state index in [-0.39, 0.29) is 23.5 Å². The molecule has 2 atom stereocenters. The summed E-state index contributed by atoms with van der Waals surface area (Å²) in [7, 11) is 3.25. The van der Waals surface area contributed by atoms with E-state index in [9.17, 15) is 39.2 Å². The summed E-state index contributed by atoms with van der Waals surface area (Å²) in [6, 6.07) is 8.23. The van der Waals surface area contributed by atoms with E-state index in [4.69, 9.17) is 5.73 Å². The number of hydrogen-bond donors (Lipinski definition) is 6. The number of ketones is 2. The Balaban J connectivity index is 1.72. The summed E-state index contributed by atoms with van der Waals surface area (Å²) in [5.41, 5.74) is 6.24. The zero-order valence-electron chi connectivity index (χ0n) is 23.4. The SMILES string of the molecule is CN(C)[C@H]1CCCCc2ccc(Nc3nc(-c4ccc(F)cc4)cs3)c(O)c2C(O)=CC(=O)[C@H](O)C(=O)C(C(N)=O)=C1O. The number of aryl methyl sites for hydroxylation is 1. The molecule has 7 N–H and O–H groups in total. The first-order valence-corrected chi connectivity index (χ1v) is 14.2. The smallest absolute Gasteiger partial charge is 0.255 e. The molecule has 0 unspecified atom stereocenters. The number of phenolic OH excluding ortho intramolecular Hbond substituents is 1. The summed E-state index contributed by atoms with van der Waals surface area (Å²) in [6.45, 7) is 0. The minimum absolute atomic E-state index is 0.0944. The van der Waals surface area contributed by atoms with Gasteiger partial charge in [0.1, 0.15) is 28.7 Å². The number of hydrogen-bond acceptors (Lipinski definition) is 11. The van der Waals surface area contributed by atoms with Crippen LogP contribution in [0.1, 0.15) is 30.4 Å². The van der Waals surface area contributed by atoms with Crippen molar-refractivity contribution >= 4 is 45.4 Å². The topological polar surface area (TPSA) is 186 Å². The number of aliphatic hydroxyl groups is 3. The number of Topliss-reactive ketones (excluding diaryl/α,β-unsaturated/α-hetero) is 1. The van der Waals surface area contributed by atoms with E-state index in [1.807, 2.05) is 0 Å². The minimum Gasteiger partial charge on any atom is -0.510 e. The van der Waals surface area contributed by atoms with E-state index < -0.39 is 52.5 Å². The molecule has 0 fully saturated rings. The fourth-order valence-corrected chi connectivity index (χ4v) is 5.54. The molecule has 2 aromatic carbocycles. The Bertz CT molecular complexity index is 1610. The van der Waals surface area contributed by atoms with E-state index in [0.29, 0.717) is 47.3 Å². The number of benzene rings is 2. The van der Waals surface area contributed by atoms with Crippen molar-refractivity contribution in [3.63, 3.8) is 0 Å². The Kier molecular flexibility index (Phi) is 9.59. The van der Waals surface area contributed by atoms with Gasteiger partial charge in [-0.25, -0.2) is 9.37 Å². The fourth-order valence-electron chi connectivity index (χ4n) is 4.81. The highest BCUT2D eigenvalue weighted by Crippen LogP contribution is 2.38. The van der Waals surface area contributed by atoms with Gasteiger partial charge in [0.2, 0.25) is 5.78 Å².